The quantitative estimate of drug-likeness (QED) is 0.734. The Kier molecular flexibility index (Phi) is 6.35. The predicted molar refractivity (Wildman–Crippen MR) is 85.3 cm³/mol. The summed E-state index contributed by atoms with van der Waals surface area (Å²) in [5.74, 6) is -1.73. The van der Waals surface area contributed by atoms with Crippen LogP contribution in [-0.4, -0.2) is 52.3 Å². The molecule has 1 aliphatic rings. The standard InChI is InChI=1S/C15H15F3N2O5S/c16-15(17,18)25-10-3-1-9(2-4-10)11(5-14(23)24)19-12(21)6-20-8-26-7-13(20)22/h1-4,11H,5-8H2,(H,19,21)(H,23,24)/t11-/m1/s1. The van der Waals surface area contributed by atoms with Gasteiger partial charge in [0.1, 0.15) is 12.3 Å². The highest BCUT2D eigenvalue weighted by Crippen LogP contribution is 2.25. The van der Waals surface area contributed by atoms with Gasteiger partial charge in [-0.2, -0.15) is 0 Å². The first-order valence-corrected chi connectivity index (χ1v) is 8.52. The number of nitrogens with zero attached hydrogens (tertiary/aromatic N) is 1. The number of benzene rings is 1. The molecular formula is C15H15F3N2O5S. The molecule has 1 fully saturated rings. The molecule has 142 valence electrons. The maximum Gasteiger partial charge on any atom is 0.573 e. The number of ether oxygens (including phenoxy) is 1. The van der Waals surface area contributed by atoms with Crippen molar-refractivity contribution in [2.24, 2.45) is 0 Å². The number of carboxylic acids is 1. The van der Waals surface area contributed by atoms with Crippen LogP contribution in [-0.2, 0) is 14.4 Å². The number of hydrogen-bond acceptors (Lipinski definition) is 5. The van der Waals surface area contributed by atoms with Crippen molar-refractivity contribution in [1.29, 1.82) is 0 Å². The zero-order valence-corrected chi connectivity index (χ0v) is 14.1. The molecule has 1 aliphatic heterocycles. The van der Waals surface area contributed by atoms with Crippen LogP contribution < -0.4 is 10.1 Å². The van der Waals surface area contributed by atoms with E-state index >= 15 is 0 Å². The van der Waals surface area contributed by atoms with Gasteiger partial charge >= 0.3 is 12.3 Å². The van der Waals surface area contributed by atoms with E-state index < -0.39 is 36.5 Å². The number of hydrogen-bond donors (Lipinski definition) is 2. The number of carbonyl (C=O) groups is 3. The van der Waals surface area contributed by atoms with Crippen LogP contribution in [0.1, 0.15) is 18.0 Å². The van der Waals surface area contributed by atoms with Gasteiger partial charge < -0.3 is 20.1 Å². The highest BCUT2D eigenvalue weighted by Gasteiger charge is 2.31. The Balaban J connectivity index is 2.05. The zero-order chi connectivity index (χ0) is 19.3. The number of halogens is 3. The van der Waals surface area contributed by atoms with Crippen molar-refractivity contribution < 1.29 is 37.4 Å². The average Bonchev–Trinajstić information content (AvgIpc) is 2.90. The zero-order valence-electron chi connectivity index (χ0n) is 13.3. The van der Waals surface area contributed by atoms with E-state index in [0.717, 1.165) is 12.1 Å². The number of carboxylic acid groups (broad SMARTS) is 1. The molecule has 2 rings (SSSR count). The summed E-state index contributed by atoms with van der Waals surface area (Å²) in [6.45, 7) is -0.211. The van der Waals surface area contributed by atoms with Gasteiger partial charge in [-0.25, -0.2) is 0 Å². The Labute approximate surface area is 150 Å². The molecule has 2 N–H and O–H groups in total. The number of carbonyl (C=O) groups excluding carboxylic acids is 2. The number of amides is 2. The van der Waals surface area contributed by atoms with Crippen molar-refractivity contribution in [2.75, 3.05) is 18.2 Å². The van der Waals surface area contributed by atoms with Crippen LogP contribution >= 0.6 is 11.8 Å². The van der Waals surface area contributed by atoms with Crippen LogP contribution in [0.5, 0.6) is 5.75 Å². The van der Waals surface area contributed by atoms with Gasteiger partial charge in [0.2, 0.25) is 11.8 Å². The summed E-state index contributed by atoms with van der Waals surface area (Å²) in [4.78, 5) is 36.0. The fourth-order valence-electron chi connectivity index (χ4n) is 2.28. The van der Waals surface area contributed by atoms with Gasteiger partial charge in [-0.15, -0.1) is 24.9 Å². The molecule has 0 bridgehead atoms. The minimum Gasteiger partial charge on any atom is -0.481 e. The molecule has 0 spiro atoms. The molecule has 11 heteroatoms. The maximum atomic E-state index is 12.2. The second-order valence-electron chi connectivity index (χ2n) is 5.40. The third-order valence-corrected chi connectivity index (χ3v) is 4.34. The number of aliphatic carboxylic acids is 1. The first kappa shape index (κ1) is 19.9. The molecule has 0 unspecified atom stereocenters. The molecule has 0 aliphatic carbocycles. The maximum absolute atomic E-state index is 12.2. The number of alkyl halides is 3. The summed E-state index contributed by atoms with van der Waals surface area (Å²) >= 11 is 1.36. The Morgan fingerprint density at radius 3 is 2.46 bits per heavy atom. The number of thioether (sulfide) groups is 1. The molecule has 1 aromatic carbocycles. The van der Waals surface area contributed by atoms with E-state index in [1.54, 1.807) is 0 Å². The second-order valence-corrected chi connectivity index (χ2v) is 6.36. The molecule has 26 heavy (non-hydrogen) atoms. The van der Waals surface area contributed by atoms with Crippen molar-refractivity contribution in [3.05, 3.63) is 29.8 Å². The molecule has 0 saturated carbocycles. The summed E-state index contributed by atoms with van der Waals surface area (Å²) in [6.07, 6.45) is -5.30. The molecule has 0 radical (unpaired) electrons. The van der Waals surface area contributed by atoms with E-state index in [2.05, 4.69) is 10.1 Å². The van der Waals surface area contributed by atoms with E-state index in [0.29, 0.717) is 11.4 Å². The fraction of sp³-hybridized carbons (Fsp3) is 0.400. The minimum absolute atomic E-state index is 0.186. The van der Waals surface area contributed by atoms with E-state index in [-0.39, 0.29) is 18.2 Å². The van der Waals surface area contributed by atoms with Gasteiger partial charge in [-0.05, 0) is 17.7 Å². The van der Waals surface area contributed by atoms with Gasteiger partial charge in [0.15, 0.2) is 0 Å². The molecule has 1 saturated heterocycles. The monoisotopic (exact) mass is 392 g/mol. The smallest absolute Gasteiger partial charge is 0.481 e. The third kappa shape index (κ3) is 6.14. The molecule has 7 nitrogen and oxygen atoms in total. The molecule has 2 amide bonds. The van der Waals surface area contributed by atoms with E-state index in [4.69, 9.17) is 5.11 Å². The van der Waals surface area contributed by atoms with Crippen molar-refractivity contribution in [3.63, 3.8) is 0 Å². The van der Waals surface area contributed by atoms with Gasteiger partial charge in [0.25, 0.3) is 0 Å². The number of rotatable bonds is 7. The van der Waals surface area contributed by atoms with Gasteiger partial charge in [-0.1, -0.05) is 12.1 Å². The lowest BCUT2D eigenvalue weighted by Crippen LogP contribution is -2.40. The Morgan fingerprint density at radius 1 is 1.31 bits per heavy atom. The van der Waals surface area contributed by atoms with Gasteiger partial charge in [-0.3, -0.25) is 14.4 Å². The SMILES string of the molecule is O=C(O)C[C@@H](NC(=O)CN1CSCC1=O)c1ccc(OC(F)(F)F)cc1. The molecule has 1 aromatic rings. The van der Waals surface area contributed by atoms with Crippen LogP contribution in [0.25, 0.3) is 0 Å². The van der Waals surface area contributed by atoms with E-state index in [1.165, 1.54) is 28.8 Å². The Bertz CT molecular complexity index is 681. The molecule has 1 atom stereocenters. The molecular weight excluding hydrogens is 377 g/mol. The lowest BCUT2D eigenvalue weighted by atomic mass is 10.0. The van der Waals surface area contributed by atoms with Crippen LogP contribution in [0.2, 0.25) is 0 Å². The van der Waals surface area contributed by atoms with Crippen molar-refractivity contribution in [1.82, 2.24) is 10.2 Å². The lowest BCUT2D eigenvalue weighted by molar-refractivity contribution is -0.274. The first-order valence-electron chi connectivity index (χ1n) is 7.36. The topological polar surface area (TPSA) is 95.9 Å². The van der Waals surface area contributed by atoms with Crippen LogP contribution in [0, 0.1) is 0 Å². The largest absolute Gasteiger partial charge is 0.573 e. The van der Waals surface area contributed by atoms with Crippen molar-refractivity contribution in [2.45, 2.75) is 18.8 Å². The fourth-order valence-corrected chi connectivity index (χ4v) is 3.19. The lowest BCUT2D eigenvalue weighted by Gasteiger charge is -2.20. The van der Waals surface area contributed by atoms with Crippen molar-refractivity contribution >= 4 is 29.5 Å². The van der Waals surface area contributed by atoms with Gasteiger partial charge in [0.05, 0.1) is 24.1 Å². The van der Waals surface area contributed by atoms with Crippen LogP contribution in [0.3, 0.4) is 0 Å². The predicted octanol–water partition coefficient (Wildman–Crippen LogP) is 1.75. The average molecular weight is 392 g/mol. The minimum atomic E-state index is -4.84. The normalized spacial score (nSPS) is 15.7. The van der Waals surface area contributed by atoms with Crippen LogP contribution in [0.4, 0.5) is 13.2 Å². The first-order chi connectivity index (χ1) is 12.1. The summed E-state index contributed by atoms with van der Waals surface area (Å²) in [5, 5.41) is 11.5. The second kappa shape index (κ2) is 8.30. The highest BCUT2D eigenvalue weighted by atomic mass is 32.2. The number of nitrogens with one attached hydrogen (secondary N) is 1. The van der Waals surface area contributed by atoms with Gasteiger partial charge in [0, 0.05) is 0 Å². The molecule has 1 heterocycles. The highest BCUT2D eigenvalue weighted by molar-refractivity contribution is 8.00. The summed E-state index contributed by atoms with van der Waals surface area (Å²) in [6, 6.07) is 3.59. The van der Waals surface area contributed by atoms with Crippen molar-refractivity contribution in [3.8, 4) is 5.75 Å². The Hall–Kier alpha value is -2.43. The van der Waals surface area contributed by atoms with Crippen LogP contribution in [0.15, 0.2) is 24.3 Å². The molecule has 0 aromatic heterocycles. The summed E-state index contributed by atoms with van der Waals surface area (Å²) < 4.78 is 40.3. The Morgan fingerprint density at radius 2 is 1.96 bits per heavy atom. The van der Waals surface area contributed by atoms with E-state index in [9.17, 15) is 27.6 Å². The summed E-state index contributed by atoms with van der Waals surface area (Å²) in [7, 11) is 0. The third-order valence-electron chi connectivity index (χ3n) is 3.39. The van der Waals surface area contributed by atoms with E-state index in [1.807, 2.05) is 0 Å². The summed E-state index contributed by atoms with van der Waals surface area (Å²) in [5.41, 5.74) is 0.303.